The van der Waals surface area contributed by atoms with Gasteiger partial charge in [-0.3, -0.25) is 19.7 Å². The number of nitrogens with two attached hydrogens (primary N) is 1. The molecule has 0 aromatic heterocycles. The monoisotopic (exact) mass is 392 g/mol. The minimum Gasteiger partial charge on any atom is -0.378 e. The number of para-hydroxylation sites is 1. The van der Waals surface area contributed by atoms with Crippen molar-refractivity contribution in [2.24, 2.45) is 5.73 Å². The van der Waals surface area contributed by atoms with Gasteiger partial charge in [-0.1, -0.05) is 30.3 Å². The molecule has 1 aliphatic carbocycles. The molecule has 8 heteroatoms. The van der Waals surface area contributed by atoms with Crippen LogP contribution in [0.2, 0.25) is 0 Å². The number of anilines is 1. The zero-order valence-corrected chi connectivity index (χ0v) is 15.6. The van der Waals surface area contributed by atoms with Gasteiger partial charge < -0.3 is 16.4 Å². The number of nitro benzene ring substituents is 1. The molecular formula is C21H20N4O4. The first-order valence-corrected chi connectivity index (χ1v) is 9.31. The SMILES string of the molecule is NC(=O)C1(NC(=O)Cc2ccc([N+](=O)[O-])cc2)C=C2c3ccccc3NC2CC1. The van der Waals surface area contributed by atoms with E-state index in [4.69, 9.17) is 5.73 Å². The van der Waals surface area contributed by atoms with Gasteiger partial charge in [-0.05, 0) is 36.1 Å². The molecular weight excluding hydrogens is 372 g/mol. The Kier molecular flexibility index (Phi) is 4.54. The molecule has 1 heterocycles. The van der Waals surface area contributed by atoms with E-state index in [2.05, 4.69) is 10.6 Å². The van der Waals surface area contributed by atoms with E-state index in [9.17, 15) is 19.7 Å². The number of fused-ring (bicyclic) bond motifs is 3. The summed E-state index contributed by atoms with van der Waals surface area (Å²) >= 11 is 0. The van der Waals surface area contributed by atoms with E-state index in [-0.39, 0.29) is 24.1 Å². The predicted molar refractivity (Wildman–Crippen MR) is 108 cm³/mol. The molecule has 2 atom stereocenters. The van der Waals surface area contributed by atoms with Crippen LogP contribution >= 0.6 is 0 Å². The maximum Gasteiger partial charge on any atom is 0.269 e. The van der Waals surface area contributed by atoms with E-state index in [0.29, 0.717) is 18.4 Å². The summed E-state index contributed by atoms with van der Waals surface area (Å²) in [5.74, 6) is -0.975. The van der Waals surface area contributed by atoms with E-state index in [1.807, 2.05) is 24.3 Å². The zero-order chi connectivity index (χ0) is 20.6. The minimum absolute atomic E-state index is 0.00549. The summed E-state index contributed by atoms with van der Waals surface area (Å²) in [7, 11) is 0. The standard InChI is InChI=1S/C21H20N4O4/c22-20(27)21(24-19(26)11-13-5-7-14(8-6-13)25(28)29)10-9-18-16(12-21)15-3-1-2-4-17(15)23-18/h1-8,12,18,23H,9-11H2,(H2,22,27)(H,24,26). The van der Waals surface area contributed by atoms with Crippen LogP contribution in [0, 0.1) is 10.1 Å². The third-order valence-corrected chi connectivity index (χ3v) is 5.49. The number of carbonyl (C=O) groups is 2. The van der Waals surface area contributed by atoms with Crippen molar-refractivity contribution < 1.29 is 14.5 Å². The van der Waals surface area contributed by atoms with Crippen molar-refractivity contribution in [3.63, 3.8) is 0 Å². The fraction of sp³-hybridized carbons (Fsp3) is 0.238. The molecule has 0 bridgehead atoms. The summed E-state index contributed by atoms with van der Waals surface area (Å²) in [6.45, 7) is 0. The molecule has 4 rings (SSSR count). The van der Waals surface area contributed by atoms with Gasteiger partial charge in [0.25, 0.3) is 5.69 Å². The molecule has 2 aliphatic rings. The second-order valence-corrected chi connectivity index (χ2v) is 7.36. The molecule has 0 saturated heterocycles. The quantitative estimate of drug-likeness (QED) is 0.531. The highest BCUT2D eigenvalue weighted by Gasteiger charge is 2.43. The predicted octanol–water partition coefficient (Wildman–Crippen LogP) is 2.15. The van der Waals surface area contributed by atoms with Crippen molar-refractivity contribution in [1.29, 1.82) is 0 Å². The Morgan fingerprint density at radius 1 is 1.21 bits per heavy atom. The van der Waals surface area contributed by atoms with Crippen molar-refractivity contribution in [2.45, 2.75) is 30.8 Å². The maximum absolute atomic E-state index is 12.6. The lowest BCUT2D eigenvalue weighted by Crippen LogP contribution is -2.58. The van der Waals surface area contributed by atoms with E-state index in [1.54, 1.807) is 6.08 Å². The lowest BCUT2D eigenvalue weighted by Gasteiger charge is -2.35. The number of primary amides is 1. The van der Waals surface area contributed by atoms with Crippen LogP contribution in [-0.2, 0) is 16.0 Å². The van der Waals surface area contributed by atoms with E-state index >= 15 is 0 Å². The second kappa shape index (κ2) is 7.05. The van der Waals surface area contributed by atoms with Gasteiger partial charge in [-0.15, -0.1) is 0 Å². The number of amides is 2. The molecule has 2 unspecified atom stereocenters. The van der Waals surface area contributed by atoms with Crippen LogP contribution in [0.4, 0.5) is 11.4 Å². The molecule has 2 amide bonds. The molecule has 0 spiro atoms. The molecule has 4 N–H and O–H groups in total. The zero-order valence-electron chi connectivity index (χ0n) is 15.6. The van der Waals surface area contributed by atoms with Crippen LogP contribution in [0.25, 0.3) is 5.57 Å². The largest absolute Gasteiger partial charge is 0.378 e. The van der Waals surface area contributed by atoms with Crippen molar-refractivity contribution in [3.05, 3.63) is 75.8 Å². The van der Waals surface area contributed by atoms with Gasteiger partial charge in [0.2, 0.25) is 11.8 Å². The molecule has 148 valence electrons. The highest BCUT2D eigenvalue weighted by atomic mass is 16.6. The van der Waals surface area contributed by atoms with Gasteiger partial charge in [0.15, 0.2) is 0 Å². The first-order valence-electron chi connectivity index (χ1n) is 9.31. The molecule has 0 radical (unpaired) electrons. The Bertz CT molecular complexity index is 1030. The Morgan fingerprint density at radius 2 is 1.93 bits per heavy atom. The number of carbonyl (C=O) groups excluding carboxylic acids is 2. The number of hydrogen-bond acceptors (Lipinski definition) is 5. The molecule has 0 saturated carbocycles. The van der Waals surface area contributed by atoms with Crippen LogP contribution in [0.3, 0.4) is 0 Å². The maximum atomic E-state index is 12.6. The van der Waals surface area contributed by atoms with Gasteiger partial charge in [0.1, 0.15) is 5.54 Å². The topological polar surface area (TPSA) is 127 Å². The smallest absolute Gasteiger partial charge is 0.269 e. The van der Waals surface area contributed by atoms with Crippen molar-refractivity contribution in [1.82, 2.24) is 5.32 Å². The third kappa shape index (κ3) is 3.44. The minimum atomic E-state index is -1.26. The van der Waals surface area contributed by atoms with E-state index in [1.165, 1.54) is 24.3 Å². The fourth-order valence-electron chi connectivity index (χ4n) is 4.00. The lowest BCUT2D eigenvalue weighted by atomic mass is 9.79. The average molecular weight is 392 g/mol. The number of non-ortho nitro benzene ring substituents is 1. The summed E-state index contributed by atoms with van der Waals surface area (Å²) in [4.78, 5) is 35.3. The second-order valence-electron chi connectivity index (χ2n) is 7.36. The molecule has 2 aromatic carbocycles. The Morgan fingerprint density at radius 3 is 2.62 bits per heavy atom. The summed E-state index contributed by atoms with van der Waals surface area (Å²) in [5.41, 5.74) is 7.98. The number of nitrogens with zero attached hydrogens (tertiary/aromatic N) is 1. The molecule has 0 fully saturated rings. The summed E-state index contributed by atoms with van der Waals surface area (Å²) in [5, 5.41) is 17.0. The number of nitrogens with one attached hydrogen (secondary N) is 2. The van der Waals surface area contributed by atoms with Crippen LogP contribution in [0.15, 0.2) is 54.6 Å². The Labute approximate surface area is 166 Å². The van der Waals surface area contributed by atoms with Gasteiger partial charge in [-0.25, -0.2) is 0 Å². The highest BCUT2D eigenvalue weighted by Crippen LogP contribution is 2.42. The summed E-state index contributed by atoms with van der Waals surface area (Å²) < 4.78 is 0. The number of nitro groups is 1. The van der Waals surface area contributed by atoms with E-state index < -0.39 is 16.4 Å². The van der Waals surface area contributed by atoms with Gasteiger partial charge in [0, 0.05) is 23.4 Å². The Balaban J connectivity index is 1.56. The average Bonchev–Trinajstić information content (AvgIpc) is 3.06. The van der Waals surface area contributed by atoms with E-state index in [0.717, 1.165) is 16.8 Å². The van der Waals surface area contributed by atoms with Crippen LogP contribution < -0.4 is 16.4 Å². The van der Waals surface area contributed by atoms with Gasteiger partial charge in [-0.2, -0.15) is 0 Å². The lowest BCUT2D eigenvalue weighted by molar-refractivity contribution is -0.384. The first-order chi connectivity index (χ1) is 13.9. The molecule has 2 aromatic rings. The summed E-state index contributed by atoms with van der Waals surface area (Å²) in [6.07, 6.45) is 2.81. The fourth-order valence-corrected chi connectivity index (χ4v) is 4.00. The highest BCUT2D eigenvalue weighted by molar-refractivity contribution is 5.98. The normalized spacial score (nSPS) is 21.9. The number of benzene rings is 2. The van der Waals surface area contributed by atoms with Gasteiger partial charge >= 0.3 is 0 Å². The van der Waals surface area contributed by atoms with Crippen molar-refractivity contribution in [2.75, 3.05) is 5.32 Å². The van der Waals surface area contributed by atoms with Crippen molar-refractivity contribution >= 4 is 28.8 Å². The molecule has 1 aliphatic heterocycles. The van der Waals surface area contributed by atoms with Crippen LogP contribution in [0.1, 0.15) is 24.0 Å². The van der Waals surface area contributed by atoms with Gasteiger partial charge in [0.05, 0.1) is 17.4 Å². The third-order valence-electron chi connectivity index (χ3n) is 5.49. The Hall–Kier alpha value is -3.68. The molecule has 8 nitrogen and oxygen atoms in total. The summed E-state index contributed by atoms with van der Waals surface area (Å²) in [6, 6.07) is 13.7. The molecule has 29 heavy (non-hydrogen) atoms. The van der Waals surface area contributed by atoms with Crippen molar-refractivity contribution in [3.8, 4) is 0 Å². The number of rotatable bonds is 5. The van der Waals surface area contributed by atoms with Crippen LogP contribution in [0.5, 0.6) is 0 Å². The first kappa shape index (κ1) is 18.7. The number of hydrogen-bond donors (Lipinski definition) is 3. The van der Waals surface area contributed by atoms with Crippen LogP contribution in [-0.4, -0.2) is 28.3 Å².